The summed E-state index contributed by atoms with van der Waals surface area (Å²) in [5.41, 5.74) is 2.89. The number of nitrogens with one attached hydrogen (secondary N) is 1. The predicted octanol–water partition coefficient (Wildman–Crippen LogP) is 3.39. The Balaban J connectivity index is 1.47. The summed E-state index contributed by atoms with van der Waals surface area (Å²) in [6.45, 7) is 9.06. The molecule has 2 aliphatic rings. The van der Waals surface area contributed by atoms with Gasteiger partial charge in [-0.1, -0.05) is 17.6 Å². The van der Waals surface area contributed by atoms with E-state index in [0.29, 0.717) is 18.1 Å². The number of hydroxylamine groups is 1. The number of carbonyl (C=O) groups is 1. The number of nitrogens with zero attached hydrogens (tertiary/aromatic N) is 2. The summed E-state index contributed by atoms with van der Waals surface area (Å²) in [5, 5.41) is 12.3. The van der Waals surface area contributed by atoms with Crippen LogP contribution in [0.3, 0.4) is 0 Å². The molecule has 1 fully saturated rings. The number of fused-ring (bicyclic) bond motifs is 1. The second kappa shape index (κ2) is 9.38. The lowest BCUT2D eigenvalue weighted by Crippen LogP contribution is -2.44. The van der Waals surface area contributed by atoms with E-state index < -0.39 is 5.91 Å². The number of carbonyl (C=O) groups excluding carboxylic acids is 1. The van der Waals surface area contributed by atoms with Gasteiger partial charge in [0.1, 0.15) is 13.2 Å². The summed E-state index contributed by atoms with van der Waals surface area (Å²) >= 11 is 1.45. The maximum Gasteiger partial charge on any atom is 0.284 e. The van der Waals surface area contributed by atoms with E-state index in [1.54, 1.807) is 5.48 Å². The zero-order chi connectivity index (χ0) is 21.1. The van der Waals surface area contributed by atoms with Gasteiger partial charge in [0.25, 0.3) is 5.91 Å². The molecule has 1 aromatic heterocycles. The molecule has 1 atom stereocenters. The molecule has 3 heterocycles. The van der Waals surface area contributed by atoms with Crippen molar-refractivity contribution in [1.29, 1.82) is 0 Å². The van der Waals surface area contributed by atoms with Gasteiger partial charge >= 0.3 is 0 Å². The molecule has 7 nitrogen and oxygen atoms in total. The van der Waals surface area contributed by atoms with Gasteiger partial charge in [0.15, 0.2) is 11.5 Å². The third-order valence-electron chi connectivity index (χ3n) is 5.28. The van der Waals surface area contributed by atoms with E-state index in [1.165, 1.54) is 16.2 Å². The van der Waals surface area contributed by atoms with E-state index in [9.17, 15) is 4.79 Å². The number of aryl methyl sites for hydroxylation is 1. The zero-order valence-electron chi connectivity index (χ0n) is 17.2. The molecule has 9 heteroatoms. The van der Waals surface area contributed by atoms with Crippen molar-refractivity contribution in [2.75, 3.05) is 44.3 Å². The second-order valence-corrected chi connectivity index (χ2v) is 10.1. The first-order chi connectivity index (χ1) is 14.6. The first-order valence-corrected chi connectivity index (χ1v) is 12.2. The van der Waals surface area contributed by atoms with E-state index in [2.05, 4.69) is 40.6 Å². The maximum atomic E-state index is 11.8. The normalized spacial score (nSPS) is 17.8. The lowest BCUT2D eigenvalue weighted by molar-refractivity contribution is 0.0711. The van der Waals surface area contributed by atoms with Gasteiger partial charge in [-0.15, -0.1) is 11.3 Å². The Bertz CT molecular complexity index is 952. The van der Waals surface area contributed by atoms with Crippen LogP contribution in [0.15, 0.2) is 29.2 Å². The van der Waals surface area contributed by atoms with Gasteiger partial charge in [0.05, 0.1) is 9.88 Å². The van der Waals surface area contributed by atoms with Gasteiger partial charge < -0.3 is 14.4 Å². The SMILES string of the molecule is C/C=S(\c1ccc2c(c1)OCCO2)N1CCN(c2sc(C(=O)NO)cc2CC)CC1. The average Bonchev–Trinajstić information content (AvgIpc) is 3.24. The van der Waals surface area contributed by atoms with Crippen LogP contribution in [-0.4, -0.2) is 60.2 Å². The summed E-state index contributed by atoms with van der Waals surface area (Å²) in [5.74, 6) is 1.21. The van der Waals surface area contributed by atoms with Crippen LogP contribution >= 0.6 is 22.0 Å². The minimum atomic E-state index is -0.444. The van der Waals surface area contributed by atoms with Gasteiger partial charge in [-0.2, -0.15) is 0 Å². The fraction of sp³-hybridized carbons (Fsp3) is 0.429. The van der Waals surface area contributed by atoms with Gasteiger partial charge in [-0.25, -0.2) is 9.79 Å². The standard InChI is InChI=1S/C21H27N3O4S2/c1-3-15-13-19(20(25)22-26)29-21(15)23-7-9-24(10-8-23)30(4-2)16-5-6-17-18(14-16)28-12-11-27-17/h4-6,13-14,26H,3,7-12H2,1-2H3,(H,22,25). The largest absolute Gasteiger partial charge is 0.486 e. The number of hydrogen-bond acceptors (Lipinski definition) is 7. The van der Waals surface area contributed by atoms with E-state index >= 15 is 0 Å². The number of rotatable bonds is 5. The Morgan fingerprint density at radius 1 is 1.20 bits per heavy atom. The molecule has 1 saturated heterocycles. The fourth-order valence-electron chi connectivity index (χ4n) is 3.78. The Morgan fingerprint density at radius 2 is 1.93 bits per heavy atom. The molecule has 0 radical (unpaired) electrons. The Labute approximate surface area is 183 Å². The van der Waals surface area contributed by atoms with Crippen molar-refractivity contribution in [3.63, 3.8) is 0 Å². The van der Waals surface area contributed by atoms with Crippen molar-refractivity contribution >= 4 is 38.3 Å². The van der Waals surface area contributed by atoms with Crippen LogP contribution in [0, 0.1) is 0 Å². The molecule has 0 spiro atoms. The summed E-state index contributed by atoms with van der Waals surface area (Å²) in [6.07, 6.45) is 0.856. The molecule has 2 aliphatic heterocycles. The Morgan fingerprint density at radius 3 is 2.60 bits per heavy atom. The number of hydrogen-bond donors (Lipinski definition) is 2. The number of anilines is 1. The van der Waals surface area contributed by atoms with E-state index in [4.69, 9.17) is 14.7 Å². The first-order valence-electron chi connectivity index (χ1n) is 10.1. The smallest absolute Gasteiger partial charge is 0.284 e. The van der Waals surface area contributed by atoms with Crippen LogP contribution in [-0.2, 0) is 6.42 Å². The quantitative estimate of drug-likeness (QED) is 0.414. The topological polar surface area (TPSA) is 74.3 Å². The van der Waals surface area contributed by atoms with Crippen LogP contribution in [0.1, 0.15) is 29.1 Å². The number of thiophene rings is 1. The van der Waals surface area contributed by atoms with Gasteiger partial charge in [-0.3, -0.25) is 10.0 Å². The molecule has 1 aromatic carbocycles. The predicted molar refractivity (Wildman–Crippen MR) is 122 cm³/mol. The van der Waals surface area contributed by atoms with Crippen molar-refractivity contribution < 1.29 is 19.5 Å². The third kappa shape index (κ3) is 4.20. The van der Waals surface area contributed by atoms with Crippen molar-refractivity contribution in [3.05, 3.63) is 34.7 Å². The molecule has 0 saturated carbocycles. The maximum absolute atomic E-state index is 11.8. The van der Waals surface area contributed by atoms with Crippen LogP contribution < -0.4 is 19.9 Å². The number of benzene rings is 1. The number of amides is 1. The highest BCUT2D eigenvalue weighted by Gasteiger charge is 2.24. The Hall–Kier alpha value is -2.07. The van der Waals surface area contributed by atoms with Crippen molar-refractivity contribution in [2.45, 2.75) is 25.2 Å². The van der Waals surface area contributed by atoms with Gasteiger partial charge in [0.2, 0.25) is 0 Å². The molecular weight excluding hydrogens is 422 g/mol. The van der Waals surface area contributed by atoms with E-state index in [0.717, 1.165) is 54.7 Å². The number of ether oxygens (including phenoxy) is 2. The van der Waals surface area contributed by atoms with Gasteiger partial charge in [-0.05, 0) is 48.5 Å². The molecule has 1 unspecified atom stereocenters. The average molecular weight is 450 g/mol. The van der Waals surface area contributed by atoms with Crippen LogP contribution in [0.2, 0.25) is 0 Å². The molecule has 162 valence electrons. The Kier molecular flexibility index (Phi) is 6.62. The molecule has 0 aliphatic carbocycles. The highest BCUT2D eigenvalue weighted by Crippen LogP contribution is 2.40. The summed E-state index contributed by atoms with van der Waals surface area (Å²) in [7, 11) is -0.109. The van der Waals surface area contributed by atoms with E-state index in [1.807, 2.05) is 12.1 Å². The highest BCUT2D eigenvalue weighted by molar-refractivity contribution is 8.13. The van der Waals surface area contributed by atoms with Crippen LogP contribution in [0.4, 0.5) is 5.00 Å². The van der Waals surface area contributed by atoms with E-state index in [-0.39, 0.29) is 10.7 Å². The molecule has 4 rings (SSSR count). The molecule has 1 amide bonds. The summed E-state index contributed by atoms with van der Waals surface area (Å²) in [6, 6.07) is 8.14. The fourth-order valence-corrected chi connectivity index (χ4v) is 6.84. The minimum Gasteiger partial charge on any atom is -0.486 e. The monoisotopic (exact) mass is 449 g/mol. The van der Waals surface area contributed by atoms with Crippen molar-refractivity contribution in [1.82, 2.24) is 9.79 Å². The first kappa shape index (κ1) is 21.2. The summed E-state index contributed by atoms with van der Waals surface area (Å²) in [4.78, 5) is 16.0. The van der Waals surface area contributed by atoms with Crippen LogP contribution in [0.5, 0.6) is 11.5 Å². The van der Waals surface area contributed by atoms with Gasteiger partial charge in [0, 0.05) is 31.1 Å². The van der Waals surface area contributed by atoms with Crippen molar-refractivity contribution in [2.24, 2.45) is 0 Å². The zero-order valence-corrected chi connectivity index (χ0v) is 18.9. The molecular formula is C21H27N3O4S2. The molecule has 30 heavy (non-hydrogen) atoms. The lowest BCUT2D eigenvalue weighted by Gasteiger charge is -2.37. The molecule has 2 N–H and O–H groups in total. The number of piperazine rings is 1. The minimum absolute atomic E-state index is 0.109. The second-order valence-electron chi connectivity index (χ2n) is 7.01. The van der Waals surface area contributed by atoms with Crippen LogP contribution in [0.25, 0.3) is 0 Å². The van der Waals surface area contributed by atoms with Crippen molar-refractivity contribution in [3.8, 4) is 11.5 Å². The third-order valence-corrected chi connectivity index (χ3v) is 8.62. The molecule has 0 bridgehead atoms. The summed E-state index contributed by atoms with van der Waals surface area (Å²) < 4.78 is 13.9. The lowest BCUT2D eigenvalue weighted by atomic mass is 10.2. The highest BCUT2D eigenvalue weighted by atomic mass is 32.2. The molecule has 2 aromatic rings.